The van der Waals surface area contributed by atoms with Crippen LogP contribution in [0.2, 0.25) is 0 Å². The van der Waals surface area contributed by atoms with Crippen molar-refractivity contribution in [3.8, 4) is 28.7 Å². The maximum atomic E-state index is 5.72. The molecule has 0 aliphatic rings. The second kappa shape index (κ2) is 7.93. The summed E-state index contributed by atoms with van der Waals surface area (Å²) in [5, 5.41) is 16.7. The van der Waals surface area contributed by atoms with Crippen molar-refractivity contribution < 1.29 is 13.6 Å². The third-order valence-electron chi connectivity index (χ3n) is 3.62. The molecule has 0 unspecified atom stereocenters. The van der Waals surface area contributed by atoms with Crippen molar-refractivity contribution in [1.82, 2.24) is 20.4 Å². The van der Waals surface area contributed by atoms with Crippen LogP contribution in [0.1, 0.15) is 5.89 Å². The predicted octanol–water partition coefficient (Wildman–Crippen LogP) is 4.85. The molecule has 0 radical (unpaired) electrons. The molecule has 0 spiro atoms. The van der Waals surface area contributed by atoms with Crippen molar-refractivity contribution in [1.29, 1.82) is 0 Å². The fourth-order valence-electron chi connectivity index (χ4n) is 2.34. The molecule has 4 aromatic rings. The average molecular weight is 445 g/mol. The quantitative estimate of drug-likeness (QED) is 0.390. The van der Waals surface area contributed by atoms with E-state index in [0.717, 1.165) is 15.6 Å². The van der Waals surface area contributed by atoms with E-state index in [1.54, 1.807) is 7.11 Å². The molecule has 2 heterocycles. The van der Waals surface area contributed by atoms with E-state index in [1.165, 1.54) is 11.8 Å². The summed E-state index contributed by atoms with van der Waals surface area (Å²) in [6, 6.07) is 15.1. The van der Waals surface area contributed by atoms with Gasteiger partial charge in [-0.15, -0.1) is 20.4 Å². The number of para-hydroxylation sites is 1. The van der Waals surface area contributed by atoms with Gasteiger partial charge in [-0.3, -0.25) is 0 Å². The Kier molecular flexibility index (Phi) is 5.21. The van der Waals surface area contributed by atoms with E-state index >= 15 is 0 Å². The van der Waals surface area contributed by atoms with Crippen LogP contribution in [-0.4, -0.2) is 27.5 Å². The third kappa shape index (κ3) is 4.04. The van der Waals surface area contributed by atoms with Gasteiger partial charge in [0.25, 0.3) is 11.1 Å². The lowest BCUT2D eigenvalue weighted by molar-refractivity contribution is 0.413. The summed E-state index contributed by atoms with van der Waals surface area (Å²) in [7, 11) is 1.60. The van der Waals surface area contributed by atoms with Crippen molar-refractivity contribution in [2.24, 2.45) is 0 Å². The number of ether oxygens (including phenoxy) is 1. The van der Waals surface area contributed by atoms with Gasteiger partial charge >= 0.3 is 0 Å². The van der Waals surface area contributed by atoms with E-state index in [4.69, 9.17) is 13.6 Å². The van der Waals surface area contributed by atoms with Gasteiger partial charge in [-0.1, -0.05) is 39.8 Å². The van der Waals surface area contributed by atoms with Gasteiger partial charge in [0.05, 0.1) is 18.4 Å². The first kappa shape index (κ1) is 17.7. The van der Waals surface area contributed by atoms with Crippen molar-refractivity contribution >= 4 is 27.7 Å². The van der Waals surface area contributed by atoms with Gasteiger partial charge in [0.1, 0.15) is 5.75 Å². The highest BCUT2D eigenvalue weighted by molar-refractivity contribution is 9.10. The van der Waals surface area contributed by atoms with Crippen LogP contribution in [0.5, 0.6) is 5.75 Å². The maximum Gasteiger partial charge on any atom is 0.277 e. The highest BCUT2D eigenvalue weighted by atomic mass is 79.9. The van der Waals surface area contributed by atoms with Crippen LogP contribution in [0, 0.1) is 0 Å². The Balaban J connectivity index is 1.44. The van der Waals surface area contributed by atoms with Gasteiger partial charge < -0.3 is 13.6 Å². The second-order valence-electron chi connectivity index (χ2n) is 5.37. The van der Waals surface area contributed by atoms with E-state index in [0.29, 0.717) is 34.4 Å². The molecule has 0 amide bonds. The summed E-state index contributed by atoms with van der Waals surface area (Å²) in [5.74, 6) is 2.43. The van der Waals surface area contributed by atoms with Crippen LogP contribution >= 0.6 is 27.7 Å². The molecule has 0 N–H and O–H groups in total. The Morgan fingerprint density at radius 3 is 2.52 bits per heavy atom. The fraction of sp³-hybridized carbons (Fsp3) is 0.111. The first-order valence-electron chi connectivity index (χ1n) is 7.91. The molecular weight excluding hydrogens is 432 g/mol. The van der Waals surface area contributed by atoms with E-state index in [1.807, 2.05) is 48.5 Å². The van der Waals surface area contributed by atoms with E-state index in [-0.39, 0.29) is 0 Å². The lowest BCUT2D eigenvalue weighted by atomic mass is 10.2. The number of aromatic nitrogens is 4. The molecule has 0 fully saturated rings. The smallest absolute Gasteiger partial charge is 0.277 e. The lowest BCUT2D eigenvalue weighted by Gasteiger charge is -2.03. The van der Waals surface area contributed by atoms with Crippen LogP contribution in [0.3, 0.4) is 0 Å². The van der Waals surface area contributed by atoms with Gasteiger partial charge in [-0.2, -0.15) is 0 Å². The van der Waals surface area contributed by atoms with Crippen LogP contribution in [0.4, 0.5) is 0 Å². The average Bonchev–Trinajstić information content (AvgIpc) is 3.36. The number of methoxy groups -OCH3 is 1. The number of rotatable bonds is 6. The van der Waals surface area contributed by atoms with E-state index < -0.39 is 0 Å². The molecule has 0 aliphatic heterocycles. The molecule has 0 aliphatic carbocycles. The number of thioether (sulfide) groups is 1. The summed E-state index contributed by atoms with van der Waals surface area (Å²) in [5.41, 5.74) is 1.60. The minimum absolute atomic E-state index is 0.407. The zero-order chi connectivity index (χ0) is 18.6. The zero-order valence-electron chi connectivity index (χ0n) is 14.1. The predicted molar refractivity (Wildman–Crippen MR) is 103 cm³/mol. The van der Waals surface area contributed by atoms with Crippen LogP contribution in [0.15, 0.2) is 67.1 Å². The van der Waals surface area contributed by atoms with Gasteiger partial charge in [0.2, 0.25) is 11.8 Å². The molecule has 2 aromatic heterocycles. The molecule has 0 atom stereocenters. The largest absolute Gasteiger partial charge is 0.496 e. The van der Waals surface area contributed by atoms with Crippen molar-refractivity contribution in [2.45, 2.75) is 11.0 Å². The molecule has 27 heavy (non-hydrogen) atoms. The Labute approximate surface area is 167 Å². The van der Waals surface area contributed by atoms with Crippen molar-refractivity contribution in [3.63, 3.8) is 0 Å². The highest BCUT2D eigenvalue weighted by Gasteiger charge is 2.15. The number of halogens is 1. The Bertz CT molecular complexity index is 1050. The van der Waals surface area contributed by atoms with Crippen molar-refractivity contribution in [3.05, 3.63) is 58.9 Å². The molecule has 136 valence electrons. The van der Waals surface area contributed by atoms with Crippen LogP contribution < -0.4 is 4.74 Å². The molecule has 9 heteroatoms. The Morgan fingerprint density at radius 1 is 0.926 bits per heavy atom. The van der Waals surface area contributed by atoms with Gasteiger partial charge in [0, 0.05) is 10.0 Å². The summed E-state index contributed by atoms with van der Waals surface area (Å²) in [6.45, 7) is 0. The van der Waals surface area contributed by atoms with Crippen LogP contribution in [0.25, 0.3) is 22.9 Å². The van der Waals surface area contributed by atoms with Crippen molar-refractivity contribution in [2.75, 3.05) is 7.11 Å². The minimum atomic E-state index is 0.407. The monoisotopic (exact) mass is 444 g/mol. The number of hydrogen-bond donors (Lipinski definition) is 0. The van der Waals surface area contributed by atoms with Gasteiger partial charge in [-0.05, 0) is 36.4 Å². The summed E-state index contributed by atoms with van der Waals surface area (Å²) < 4.78 is 17.7. The third-order valence-corrected chi connectivity index (χ3v) is 4.95. The van der Waals surface area contributed by atoms with E-state index in [2.05, 4.69) is 36.3 Å². The molecule has 0 saturated carbocycles. The molecule has 0 saturated heterocycles. The zero-order valence-corrected chi connectivity index (χ0v) is 16.5. The van der Waals surface area contributed by atoms with Gasteiger partial charge in [-0.25, -0.2) is 0 Å². The fourth-order valence-corrected chi connectivity index (χ4v) is 3.21. The Hall–Kier alpha value is -2.65. The van der Waals surface area contributed by atoms with E-state index in [9.17, 15) is 0 Å². The summed E-state index contributed by atoms with van der Waals surface area (Å²) >= 11 is 4.73. The normalized spacial score (nSPS) is 10.9. The minimum Gasteiger partial charge on any atom is -0.496 e. The van der Waals surface area contributed by atoms with Gasteiger partial charge in [0.15, 0.2) is 0 Å². The molecular formula is C18H13BrN4O3S. The highest BCUT2D eigenvalue weighted by Crippen LogP contribution is 2.30. The lowest BCUT2D eigenvalue weighted by Crippen LogP contribution is -1.87. The maximum absolute atomic E-state index is 5.72. The Morgan fingerprint density at radius 2 is 1.70 bits per heavy atom. The first-order chi connectivity index (χ1) is 13.2. The van der Waals surface area contributed by atoms with Crippen LogP contribution in [-0.2, 0) is 5.75 Å². The topological polar surface area (TPSA) is 87.1 Å². The molecule has 4 rings (SSSR count). The molecule has 7 nitrogen and oxygen atoms in total. The molecule has 2 aromatic carbocycles. The molecule has 0 bridgehead atoms. The second-order valence-corrected chi connectivity index (χ2v) is 7.21. The summed E-state index contributed by atoms with van der Waals surface area (Å²) in [4.78, 5) is 0. The summed E-state index contributed by atoms with van der Waals surface area (Å²) in [6.07, 6.45) is 0. The number of benzene rings is 2. The number of hydrogen-bond acceptors (Lipinski definition) is 8. The SMILES string of the molecule is COc1ccccc1-c1nnc(CSc2nnc(-c3ccc(Br)cc3)o2)o1. The standard InChI is InChI=1S/C18H13BrN4O3S/c1-24-14-5-3-2-4-13(14)17-22-20-15(25-17)10-27-18-23-21-16(26-18)11-6-8-12(19)9-7-11/h2-9H,10H2,1H3. The first-order valence-corrected chi connectivity index (χ1v) is 9.69. The number of nitrogens with zero attached hydrogens (tertiary/aromatic N) is 4.